The molecule has 20 heavy (non-hydrogen) atoms. The molecular weight excluding hydrogens is 260 g/mol. The van der Waals surface area contributed by atoms with E-state index in [0.29, 0.717) is 5.56 Å². The van der Waals surface area contributed by atoms with Gasteiger partial charge in [0.05, 0.1) is 26.1 Å². The number of Topliss-reactive ketones (excluding diaryl/α,β-unsaturated/α-hetero) is 1. The molecule has 2 unspecified atom stereocenters. The summed E-state index contributed by atoms with van der Waals surface area (Å²) in [4.78, 5) is 35.4. The van der Waals surface area contributed by atoms with Crippen LogP contribution in [-0.4, -0.2) is 31.9 Å². The van der Waals surface area contributed by atoms with E-state index < -0.39 is 23.8 Å². The first-order valence-corrected chi connectivity index (χ1v) is 6.25. The topological polar surface area (TPSA) is 69.7 Å². The molecule has 0 saturated carbocycles. The number of ether oxygens (including phenoxy) is 2. The predicted octanol–water partition coefficient (Wildman–Crippen LogP) is 1.86. The van der Waals surface area contributed by atoms with Crippen LogP contribution in [0.3, 0.4) is 0 Å². The molecule has 0 heterocycles. The summed E-state index contributed by atoms with van der Waals surface area (Å²) in [6, 6.07) is 8.61. The number of methoxy groups -OCH3 is 2. The Morgan fingerprint density at radius 2 is 1.55 bits per heavy atom. The van der Waals surface area contributed by atoms with Crippen molar-refractivity contribution in [2.24, 2.45) is 11.8 Å². The van der Waals surface area contributed by atoms with E-state index in [-0.39, 0.29) is 12.2 Å². The minimum absolute atomic E-state index is 0.0903. The number of ketones is 1. The number of rotatable bonds is 6. The Bertz CT molecular complexity index is 480. The monoisotopic (exact) mass is 278 g/mol. The Balaban J connectivity index is 2.88. The van der Waals surface area contributed by atoms with Gasteiger partial charge < -0.3 is 9.47 Å². The minimum Gasteiger partial charge on any atom is -0.469 e. The van der Waals surface area contributed by atoms with Crippen LogP contribution in [0.1, 0.15) is 23.7 Å². The Morgan fingerprint density at radius 1 is 1.00 bits per heavy atom. The third-order valence-electron chi connectivity index (χ3n) is 3.18. The minimum atomic E-state index is -0.847. The average molecular weight is 278 g/mol. The van der Waals surface area contributed by atoms with E-state index in [1.807, 2.05) is 0 Å². The zero-order valence-corrected chi connectivity index (χ0v) is 11.8. The fraction of sp³-hybridized carbons (Fsp3) is 0.400. The maximum Gasteiger partial charge on any atom is 0.309 e. The van der Waals surface area contributed by atoms with Gasteiger partial charge >= 0.3 is 11.9 Å². The van der Waals surface area contributed by atoms with Crippen LogP contribution in [0, 0.1) is 11.8 Å². The first-order valence-electron chi connectivity index (χ1n) is 6.25. The molecule has 0 spiro atoms. The van der Waals surface area contributed by atoms with Crippen LogP contribution in [0.5, 0.6) is 0 Å². The zero-order valence-electron chi connectivity index (χ0n) is 11.8. The Kier molecular flexibility index (Phi) is 5.90. The molecule has 0 radical (unpaired) electrons. The first-order chi connectivity index (χ1) is 9.51. The van der Waals surface area contributed by atoms with Crippen LogP contribution in [0.25, 0.3) is 0 Å². The van der Waals surface area contributed by atoms with Gasteiger partial charge in [0, 0.05) is 12.0 Å². The van der Waals surface area contributed by atoms with E-state index in [2.05, 4.69) is 9.47 Å². The van der Waals surface area contributed by atoms with E-state index in [1.165, 1.54) is 14.2 Å². The van der Waals surface area contributed by atoms with Crippen molar-refractivity contribution in [2.75, 3.05) is 14.2 Å². The molecular formula is C15H18O5. The van der Waals surface area contributed by atoms with Crippen molar-refractivity contribution >= 4 is 17.7 Å². The fourth-order valence-corrected chi connectivity index (χ4v) is 1.91. The van der Waals surface area contributed by atoms with Crippen LogP contribution in [0.2, 0.25) is 0 Å². The molecule has 0 amide bonds. The maximum atomic E-state index is 12.1. The molecule has 0 aliphatic carbocycles. The third kappa shape index (κ3) is 3.91. The highest BCUT2D eigenvalue weighted by Crippen LogP contribution is 2.21. The van der Waals surface area contributed by atoms with Crippen LogP contribution in [-0.2, 0) is 19.1 Å². The van der Waals surface area contributed by atoms with Crippen molar-refractivity contribution in [3.05, 3.63) is 35.9 Å². The summed E-state index contributed by atoms with van der Waals surface area (Å²) in [5.41, 5.74) is 0.499. The summed E-state index contributed by atoms with van der Waals surface area (Å²) >= 11 is 0. The van der Waals surface area contributed by atoms with Gasteiger partial charge in [0.25, 0.3) is 0 Å². The maximum absolute atomic E-state index is 12.1. The second kappa shape index (κ2) is 7.43. The van der Waals surface area contributed by atoms with Crippen LogP contribution >= 0.6 is 0 Å². The van der Waals surface area contributed by atoms with Crippen molar-refractivity contribution in [1.29, 1.82) is 0 Å². The highest BCUT2D eigenvalue weighted by Gasteiger charge is 2.33. The molecule has 1 aromatic carbocycles. The molecule has 2 atom stereocenters. The lowest BCUT2D eigenvalue weighted by molar-refractivity contribution is -0.156. The molecule has 0 bridgehead atoms. The van der Waals surface area contributed by atoms with E-state index in [1.54, 1.807) is 37.3 Å². The van der Waals surface area contributed by atoms with Crippen molar-refractivity contribution in [1.82, 2.24) is 0 Å². The fourth-order valence-electron chi connectivity index (χ4n) is 1.91. The van der Waals surface area contributed by atoms with Gasteiger partial charge in [0.1, 0.15) is 0 Å². The molecule has 5 nitrogen and oxygen atoms in total. The number of hydrogen-bond donors (Lipinski definition) is 0. The quantitative estimate of drug-likeness (QED) is 0.586. The number of hydrogen-bond acceptors (Lipinski definition) is 5. The molecule has 0 aliphatic rings. The molecule has 0 aliphatic heterocycles. The van der Waals surface area contributed by atoms with Gasteiger partial charge in [-0.1, -0.05) is 37.3 Å². The van der Waals surface area contributed by atoms with E-state index >= 15 is 0 Å². The summed E-state index contributed by atoms with van der Waals surface area (Å²) in [5, 5.41) is 0. The summed E-state index contributed by atoms with van der Waals surface area (Å²) < 4.78 is 9.28. The SMILES string of the molecule is COC(=O)C(C)C(CC(=O)c1ccccc1)C(=O)OC. The highest BCUT2D eigenvalue weighted by molar-refractivity contribution is 5.98. The lowest BCUT2D eigenvalue weighted by atomic mass is 9.87. The Labute approximate surface area is 117 Å². The van der Waals surface area contributed by atoms with Crippen LogP contribution < -0.4 is 0 Å². The number of carbonyl (C=O) groups excluding carboxylic acids is 3. The van der Waals surface area contributed by atoms with Crippen molar-refractivity contribution in [2.45, 2.75) is 13.3 Å². The highest BCUT2D eigenvalue weighted by atomic mass is 16.5. The first kappa shape index (κ1) is 15.9. The molecule has 0 N–H and O–H groups in total. The average Bonchev–Trinajstić information content (AvgIpc) is 2.50. The second-order valence-corrected chi connectivity index (χ2v) is 4.43. The summed E-state index contributed by atoms with van der Waals surface area (Å²) in [6.07, 6.45) is -0.0903. The smallest absolute Gasteiger partial charge is 0.309 e. The normalized spacial score (nSPS) is 13.2. The Morgan fingerprint density at radius 3 is 2.05 bits per heavy atom. The lowest BCUT2D eigenvalue weighted by Gasteiger charge is -2.19. The summed E-state index contributed by atoms with van der Waals surface area (Å²) in [7, 11) is 2.47. The molecule has 0 aromatic heterocycles. The summed E-state index contributed by atoms with van der Waals surface area (Å²) in [5.74, 6) is -2.93. The van der Waals surface area contributed by atoms with Gasteiger partial charge in [-0.2, -0.15) is 0 Å². The Hall–Kier alpha value is -2.17. The standard InChI is InChI=1S/C15H18O5/c1-10(14(17)19-2)12(15(18)20-3)9-13(16)11-7-5-4-6-8-11/h4-8,10,12H,9H2,1-3H3. The lowest BCUT2D eigenvalue weighted by Crippen LogP contribution is -2.31. The van der Waals surface area contributed by atoms with E-state index in [4.69, 9.17) is 0 Å². The van der Waals surface area contributed by atoms with Crippen molar-refractivity contribution in [3.8, 4) is 0 Å². The van der Waals surface area contributed by atoms with Gasteiger partial charge in [-0.15, -0.1) is 0 Å². The number of benzene rings is 1. The summed E-state index contributed by atoms with van der Waals surface area (Å²) in [6.45, 7) is 1.55. The van der Waals surface area contributed by atoms with Gasteiger partial charge in [-0.3, -0.25) is 14.4 Å². The van der Waals surface area contributed by atoms with E-state index in [9.17, 15) is 14.4 Å². The van der Waals surface area contributed by atoms with E-state index in [0.717, 1.165) is 0 Å². The van der Waals surface area contributed by atoms with Gasteiger partial charge in [-0.05, 0) is 0 Å². The van der Waals surface area contributed by atoms with Crippen molar-refractivity contribution in [3.63, 3.8) is 0 Å². The number of esters is 2. The van der Waals surface area contributed by atoms with Crippen LogP contribution in [0.4, 0.5) is 0 Å². The molecule has 108 valence electrons. The number of carbonyl (C=O) groups is 3. The molecule has 0 fully saturated rings. The van der Waals surface area contributed by atoms with Gasteiger partial charge in [-0.25, -0.2) is 0 Å². The van der Waals surface area contributed by atoms with Crippen molar-refractivity contribution < 1.29 is 23.9 Å². The van der Waals surface area contributed by atoms with Gasteiger partial charge in [0.15, 0.2) is 5.78 Å². The van der Waals surface area contributed by atoms with Gasteiger partial charge in [0.2, 0.25) is 0 Å². The largest absolute Gasteiger partial charge is 0.469 e. The predicted molar refractivity (Wildman–Crippen MR) is 72.1 cm³/mol. The molecule has 1 aromatic rings. The second-order valence-electron chi connectivity index (χ2n) is 4.43. The molecule has 1 rings (SSSR count). The van der Waals surface area contributed by atoms with Crippen LogP contribution in [0.15, 0.2) is 30.3 Å². The molecule has 5 heteroatoms. The molecule has 0 saturated heterocycles. The third-order valence-corrected chi connectivity index (χ3v) is 3.18. The zero-order chi connectivity index (χ0) is 15.1.